The molecule has 0 bridgehead atoms. The van der Waals surface area contributed by atoms with E-state index in [2.05, 4.69) is 24.5 Å². The zero-order chi connectivity index (χ0) is 23.2. The van der Waals surface area contributed by atoms with Crippen molar-refractivity contribution in [3.63, 3.8) is 0 Å². The van der Waals surface area contributed by atoms with Gasteiger partial charge in [0.05, 0.1) is 0 Å². The van der Waals surface area contributed by atoms with Crippen molar-refractivity contribution in [1.29, 1.82) is 0 Å². The fourth-order valence-electron chi connectivity index (χ4n) is 3.29. The molecule has 8 nitrogen and oxygen atoms in total. The number of carbonyl (C=O) groups excluding carboxylic acids is 4. The molecule has 1 heterocycles. The van der Waals surface area contributed by atoms with Crippen molar-refractivity contribution in [1.82, 2.24) is 10.2 Å². The van der Waals surface area contributed by atoms with Crippen LogP contribution in [0.1, 0.15) is 65.4 Å². The number of esters is 1. The third-order valence-corrected chi connectivity index (χ3v) is 5.59. The van der Waals surface area contributed by atoms with E-state index in [0.29, 0.717) is 23.9 Å². The summed E-state index contributed by atoms with van der Waals surface area (Å²) < 4.78 is 4.96. The molecule has 0 radical (unpaired) electrons. The Labute approximate surface area is 183 Å². The molecule has 1 aromatic rings. The second-order valence-corrected chi connectivity index (χ2v) is 8.73. The van der Waals surface area contributed by atoms with Crippen molar-refractivity contribution >= 4 is 29.5 Å². The van der Waals surface area contributed by atoms with Gasteiger partial charge in [-0.25, -0.2) is 4.79 Å². The van der Waals surface area contributed by atoms with Gasteiger partial charge in [0.15, 0.2) is 6.61 Å². The Balaban J connectivity index is 1.82. The van der Waals surface area contributed by atoms with Crippen molar-refractivity contribution in [3.8, 4) is 0 Å². The van der Waals surface area contributed by atoms with E-state index < -0.39 is 42.5 Å². The van der Waals surface area contributed by atoms with Gasteiger partial charge in [-0.2, -0.15) is 0 Å². The summed E-state index contributed by atoms with van der Waals surface area (Å²) in [7, 11) is 0. The summed E-state index contributed by atoms with van der Waals surface area (Å²) in [6.07, 6.45) is 2.27. The molecule has 1 aromatic carbocycles. The lowest BCUT2D eigenvalue weighted by molar-refractivity contribution is -0.150. The summed E-state index contributed by atoms with van der Waals surface area (Å²) in [4.78, 5) is 49.8. The van der Waals surface area contributed by atoms with Crippen LogP contribution in [0.5, 0.6) is 0 Å². The molecule has 8 heteroatoms. The van der Waals surface area contributed by atoms with Gasteiger partial charge in [0, 0.05) is 5.69 Å². The predicted molar refractivity (Wildman–Crippen MR) is 117 cm³/mol. The van der Waals surface area contributed by atoms with Crippen LogP contribution in [0.4, 0.5) is 10.5 Å². The minimum absolute atomic E-state index is 0.380. The van der Waals surface area contributed by atoms with E-state index in [0.717, 1.165) is 17.7 Å². The SMILES string of the molecule is CC[C@@H](C)c1ccc(NC(=O)COC(=O)CN2C(=O)N[C@@](C)(CCC(C)C)C2=O)cc1. The highest BCUT2D eigenvalue weighted by molar-refractivity contribution is 6.08. The van der Waals surface area contributed by atoms with E-state index >= 15 is 0 Å². The fourth-order valence-corrected chi connectivity index (χ4v) is 3.29. The Morgan fingerprint density at radius 1 is 1.16 bits per heavy atom. The highest BCUT2D eigenvalue weighted by atomic mass is 16.5. The van der Waals surface area contributed by atoms with Gasteiger partial charge in [0.1, 0.15) is 12.1 Å². The molecule has 170 valence electrons. The number of urea groups is 1. The maximum Gasteiger partial charge on any atom is 0.326 e. The number of nitrogens with one attached hydrogen (secondary N) is 2. The van der Waals surface area contributed by atoms with Crippen LogP contribution in [0.3, 0.4) is 0 Å². The lowest BCUT2D eigenvalue weighted by Crippen LogP contribution is -2.44. The van der Waals surface area contributed by atoms with Crippen LogP contribution in [-0.2, 0) is 19.1 Å². The molecule has 1 saturated heterocycles. The minimum Gasteiger partial charge on any atom is -0.454 e. The highest BCUT2D eigenvalue weighted by Gasteiger charge is 2.48. The first-order chi connectivity index (χ1) is 14.6. The van der Waals surface area contributed by atoms with Crippen LogP contribution >= 0.6 is 0 Å². The first kappa shape index (κ1) is 24.4. The van der Waals surface area contributed by atoms with Crippen molar-refractivity contribution in [2.24, 2.45) is 5.92 Å². The molecule has 1 fully saturated rings. The predicted octanol–water partition coefficient (Wildman–Crippen LogP) is 3.43. The molecule has 0 aliphatic carbocycles. The number of hydrogen-bond donors (Lipinski definition) is 2. The number of imide groups is 1. The number of rotatable bonds is 10. The molecule has 1 aliphatic heterocycles. The van der Waals surface area contributed by atoms with Crippen LogP contribution < -0.4 is 10.6 Å². The molecular weight excluding hydrogens is 398 g/mol. The topological polar surface area (TPSA) is 105 Å². The molecule has 0 saturated carbocycles. The molecule has 31 heavy (non-hydrogen) atoms. The lowest BCUT2D eigenvalue weighted by Gasteiger charge is -2.22. The van der Waals surface area contributed by atoms with Crippen molar-refractivity contribution in [2.45, 2.75) is 65.3 Å². The van der Waals surface area contributed by atoms with E-state index in [1.807, 2.05) is 26.0 Å². The molecule has 2 atom stereocenters. The minimum atomic E-state index is -1.03. The summed E-state index contributed by atoms with van der Waals surface area (Å²) in [5.74, 6) is -0.961. The monoisotopic (exact) mass is 431 g/mol. The Morgan fingerprint density at radius 2 is 1.81 bits per heavy atom. The molecular formula is C23H33N3O5. The molecule has 0 aromatic heterocycles. The van der Waals surface area contributed by atoms with Crippen LogP contribution in [0, 0.1) is 5.92 Å². The molecule has 4 amide bonds. The van der Waals surface area contributed by atoms with Gasteiger partial charge in [-0.05, 0) is 55.7 Å². The van der Waals surface area contributed by atoms with Gasteiger partial charge >= 0.3 is 12.0 Å². The average molecular weight is 432 g/mol. The maximum absolute atomic E-state index is 12.6. The van der Waals surface area contributed by atoms with Gasteiger partial charge in [0.2, 0.25) is 0 Å². The number of nitrogens with zero attached hydrogens (tertiary/aromatic N) is 1. The second kappa shape index (κ2) is 10.4. The Morgan fingerprint density at radius 3 is 2.39 bits per heavy atom. The summed E-state index contributed by atoms with van der Waals surface area (Å²) in [6, 6.07) is 6.87. The van der Waals surface area contributed by atoms with E-state index in [1.165, 1.54) is 5.56 Å². The third kappa shape index (κ3) is 6.54. The molecule has 0 spiro atoms. The van der Waals surface area contributed by atoms with Gasteiger partial charge < -0.3 is 15.4 Å². The first-order valence-corrected chi connectivity index (χ1v) is 10.7. The largest absolute Gasteiger partial charge is 0.454 e. The smallest absolute Gasteiger partial charge is 0.326 e. The normalized spacial score (nSPS) is 19.4. The van der Waals surface area contributed by atoms with Gasteiger partial charge in [-0.1, -0.05) is 39.8 Å². The first-order valence-electron chi connectivity index (χ1n) is 10.7. The number of anilines is 1. The Kier molecular flexibility index (Phi) is 8.19. The van der Waals surface area contributed by atoms with Crippen LogP contribution in [0.15, 0.2) is 24.3 Å². The van der Waals surface area contributed by atoms with E-state index in [1.54, 1.807) is 19.1 Å². The van der Waals surface area contributed by atoms with Crippen molar-refractivity contribution in [3.05, 3.63) is 29.8 Å². The van der Waals surface area contributed by atoms with Crippen LogP contribution in [-0.4, -0.2) is 47.4 Å². The van der Waals surface area contributed by atoms with Crippen LogP contribution in [0.25, 0.3) is 0 Å². The second-order valence-electron chi connectivity index (χ2n) is 8.73. The lowest BCUT2D eigenvalue weighted by atomic mass is 9.92. The summed E-state index contributed by atoms with van der Waals surface area (Å²) in [5, 5.41) is 5.31. The average Bonchev–Trinajstić information content (AvgIpc) is 2.94. The standard InChI is InChI=1S/C23H33N3O5/c1-6-16(4)17-7-9-18(10-8-17)24-19(27)14-31-20(28)13-26-21(29)23(5,25-22(26)30)12-11-15(2)3/h7-10,15-16H,6,11-14H2,1-5H3,(H,24,27)(H,25,30)/t16-,23+/m1/s1. The maximum atomic E-state index is 12.6. The zero-order valence-corrected chi connectivity index (χ0v) is 19.0. The molecule has 1 aliphatic rings. The number of amides is 4. The number of benzene rings is 1. The number of carbonyl (C=O) groups is 4. The van der Waals surface area contributed by atoms with Crippen molar-refractivity contribution in [2.75, 3.05) is 18.5 Å². The van der Waals surface area contributed by atoms with Crippen LogP contribution in [0.2, 0.25) is 0 Å². The van der Waals surface area contributed by atoms with Crippen molar-refractivity contribution < 1.29 is 23.9 Å². The Bertz CT molecular complexity index is 821. The molecule has 2 rings (SSSR count). The van der Waals surface area contributed by atoms with Gasteiger partial charge in [-0.3, -0.25) is 19.3 Å². The summed E-state index contributed by atoms with van der Waals surface area (Å²) in [5.41, 5.74) is 0.754. The van der Waals surface area contributed by atoms with Gasteiger partial charge in [0.25, 0.3) is 11.8 Å². The van der Waals surface area contributed by atoms with E-state index in [4.69, 9.17) is 4.74 Å². The quantitative estimate of drug-likeness (QED) is 0.436. The highest BCUT2D eigenvalue weighted by Crippen LogP contribution is 2.24. The number of hydrogen-bond acceptors (Lipinski definition) is 5. The Hall–Kier alpha value is -2.90. The van der Waals surface area contributed by atoms with Gasteiger partial charge in [-0.15, -0.1) is 0 Å². The molecule has 0 unspecified atom stereocenters. The third-order valence-electron chi connectivity index (χ3n) is 5.59. The summed E-state index contributed by atoms with van der Waals surface area (Å²) >= 11 is 0. The fraction of sp³-hybridized carbons (Fsp3) is 0.565. The summed E-state index contributed by atoms with van der Waals surface area (Å²) in [6.45, 7) is 8.93. The van der Waals surface area contributed by atoms with E-state index in [9.17, 15) is 19.2 Å². The zero-order valence-electron chi connectivity index (χ0n) is 19.0. The van der Waals surface area contributed by atoms with E-state index in [-0.39, 0.29) is 0 Å². The molecule has 2 N–H and O–H groups in total. The number of ether oxygens (including phenoxy) is 1.